The number of ether oxygens (including phenoxy) is 1. The van der Waals surface area contributed by atoms with Gasteiger partial charge in [0.25, 0.3) is 0 Å². The van der Waals surface area contributed by atoms with Crippen molar-refractivity contribution >= 4 is 28.3 Å². The Hall–Kier alpha value is -1.61. The van der Waals surface area contributed by atoms with Crippen molar-refractivity contribution in [1.82, 2.24) is 4.98 Å². The predicted molar refractivity (Wildman–Crippen MR) is 76.7 cm³/mol. The van der Waals surface area contributed by atoms with Gasteiger partial charge in [0.1, 0.15) is 11.3 Å². The number of aryl methyl sites for hydroxylation is 1. The Balaban J connectivity index is 2.46. The van der Waals surface area contributed by atoms with Crippen molar-refractivity contribution in [3.05, 3.63) is 40.7 Å². The number of hydrogen-bond donors (Lipinski definition) is 0. The molecule has 19 heavy (non-hydrogen) atoms. The molecule has 0 spiro atoms. The van der Waals surface area contributed by atoms with Crippen LogP contribution in [0.1, 0.15) is 37.0 Å². The zero-order valence-corrected chi connectivity index (χ0v) is 12.2. The second-order valence-corrected chi connectivity index (χ2v) is 5.90. The minimum absolute atomic E-state index is 0.322. The first kappa shape index (κ1) is 13.8. The zero-order chi connectivity index (χ0) is 14.2. The zero-order valence-electron chi connectivity index (χ0n) is 11.5. The van der Waals surface area contributed by atoms with Crippen LogP contribution >= 0.6 is 11.6 Å². The van der Waals surface area contributed by atoms with Gasteiger partial charge in [-0.05, 0) is 51.3 Å². The summed E-state index contributed by atoms with van der Waals surface area (Å²) in [5.41, 5.74) is 0.560. The second-order valence-electron chi connectivity index (χ2n) is 5.46. The minimum Gasteiger partial charge on any atom is -0.455 e. The molecule has 0 saturated heterocycles. The molecule has 0 saturated carbocycles. The fraction of sp³-hybridized carbons (Fsp3) is 0.333. The normalized spacial score (nSPS) is 11.6. The molecule has 1 aromatic heterocycles. The van der Waals surface area contributed by atoms with Gasteiger partial charge in [0.2, 0.25) is 0 Å². The predicted octanol–water partition coefficient (Wildman–Crippen LogP) is 4.15. The van der Waals surface area contributed by atoms with Gasteiger partial charge in [-0.3, -0.25) is 0 Å². The van der Waals surface area contributed by atoms with E-state index in [9.17, 15) is 4.79 Å². The maximum atomic E-state index is 12.0. The monoisotopic (exact) mass is 277 g/mol. The van der Waals surface area contributed by atoms with Gasteiger partial charge in [0.15, 0.2) is 0 Å². The summed E-state index contributed by atoms with van der Waals surface area (Å²) < 4.78 is 5.32. The van der Waals surface area contributed by atoms with Crippen molar-refractivity contribution in [1.29, 1.82) is 0 Å². The van der Waals surface area contributed by atoms with Crippen LogP contribution in [0, 0.1) is 6.92 Å². The SMILES string of the molecule is Cc1nc(C(=O)OC(C)(C)C)cc2ccc(Cl)cc12. The van der Waals surface area contributed by atoms with Crippen LogP contribution < -0.4 is 0 Å². The summed E-state index contributed by atoms with van der Waals surface area (Å²) in [4.78, 5) is 16.3. The van der Waals surface area contributed by atoms with Crippen LogP contribution in [-0.2, 0) is 4.74 Å². The van der Waals surface area contributed by atoms with E-state index in [1.54, 1.807) is 12.1 Å². The largest absolute Gasteiger partial charge is 0.455 e. The molecular weight excluding hydrogens is 262 g/mol. The summed E-state index contributed by atoms with van der Waals surface area (Å²) in [6.45, 7) is 7.35. The summed E-state index contributed by atoms with van der Waals surface area (Å²) in [7, 11) is 0. The molecule has 0 bridgehead atoms. The van der Waals surface area contributed by atoms with Gasteiger partial charge in [-0.15, -0.1) is 0 Å². The van der Waals surface area contributed by atoms with E-state index in [1.807, 2.05) is 39.8 Å². The van der Waals surface area contributed by atoms with Crippen LogP contribution in [0.5, 0.6) is 0 Å². The number of pyridine rings is 1. The maximum absolute atomic E-state index is 12.0. The van der Waals surface area contributed by atoms with Crippen molar-refractivity contribution in [3.8, 4) is 0 Å². The molecule has 1 aromatic carbocycles. The Labute approximate surface area is 117 Å². The highest BCUT2D eigenvalue weighted by Crippen LogP contribution is 2.23. The third-order valence-electron chi connectivity index (χ3n) is 2.59. The van der Waals surface area contributed by atoms with Crippen molar-refractivity contribution < 1.29 is 9.53 Å². The standard InChI is InChI=1S/C15H16ClNO2/c1-9-12-8-11(16)6-5-10(12)7-13(17-9)14(18)19-15(2,3)4/h5-8H,1-4H3. The van der Waals surface area contributed by atoms with Crippen LogP contribution in [0.25, 0.3) is 10.8 Å². The number of carbonyl (C=O) groups is 1. The van der Waals surface area contributed by atoms with Crippen molar-refractivity contribution in [3.63, 3.8) is 0 Å². The molecule has 0 aliphatic carbocycles. The Morgan fingerprint density at radius 3 is 2.58 bits per heavy atom. The van der Waals surface area contributed by atoms with Crippen molar-refractivity contribution in [2.75, 3.05) is 0 Å². The third-order valence-corrected chi connectivity index (χ3v) is 2.83. The highest BCUT2D eigenvalue weighted by Gasteiger charge is 2.19. The molecule has 0 N–H and O–H groups in total. The van der Waals surface area contributed by atoms with Gasteiger partial charge in [0, 0.05) is 16.1 Å². The van der Waals surface area contributed by atoms with Gasteiger partial charge in [0.05, 0.1) is 0 Å². The Morgan fingerprint density at radius 2 is 1.95 bits per heavy atom. The summed E-state index contributed by atoms with van der Waals surface area (Å²) in [6.07, 6.45) is 0. The molecule has 0 radical (unpaired) electrons. The van der Waals surface area contributed by atoms with E-state index in [0.717, 1.165) is 16.5 Å². The third kappa shape index (κ3) is 3.24. The lowest BCUT2D eigenvalue weighted by atomic mass is 10.1. The number of rotatable bonds is 1. The first-order valence-electron chi connectivity index (χ1n) is 6.06. The molecule has 0 atom stereocenters. The lowest BCUT2D eigenvalue weighted by Crippen LogP contribution is -2.24. The molecule has 1 heterocycles. The van der Waals surface area contributed by atoms with Gasteiger partial charge in [-0.2, -0.15) is 0 Å². The highest BCUT2D eigenvalue weighted by molar-refractivity contribution is 6.31. The number of carbonyl (C=O) groups excluding carboxylic acids is 1. The van der Waals surface area contributed by atoms with E-state index in [2.05, 4.69) is 4.98 Å². The smallest absolute Gasteiger partial charge is 0.357 e. The molecule has 4 heteroatoms. The topological polar surface area (TPSA) is 39.2 Å². The van der Waals surface area contributed by atoms with Gasteiger partial charge < -0.3 is 4.74 Å². The van der Waals surface area contributed by atoms with E-state index < -0.39 is 11.6 Å². The molecule has 0 fully saturated rings. The number of halogens is 1. The van der Waals surface area contributed by atoms with E-state index in [0.29, 0.717) is 10.7 Å². The van der Waals surface area contributed by atoms with E-state index >= 15 is 0 Å². The summed E-state index contributed by atoms with van der Waals surface area (Å²) >= 11 is 5.96. The Bertz CT molecular complexity index is 644. The van der Waals surface area contributed by atoms with Crippen LogP contribution in [0.4, 0.5) is 0 Å². The van der Waals surface area contributed by atoms with Crippen LogP contribution in [0.2, 0.25) is 5.02 Å². The fourth-order valence-corrected chi connectivity index (χ4v) is 2.00. The Kier molecular flexibility index (Phi) is 3.50. The number of hydrogen-bond acceptors (Lipinski definition) is 3. The van der Waals surface area contributed by atoms with Gasteiger partial charge >= 0.3 is 5.97 Å². The highest BCUT2D eigenvalue weighted by atomic mass is 35.5. The molecule has 2 rings (SSSR count). The molecular formula is C15H16ClNO2. The van der Waals surface area contributed by atoms with E-state index in [-0.39, 0.29) is 0 Å². The molecule has 2 aromatic rings. The average molecular weight is 278 g/mol. The molecule has 0 aliphatic rings. The van der Waals surface area contributed by atoms with E-state index in [4.69, 9.17) is 16.3 Å². The van der Waals surface area contributed by atoms with Gasteiger partial charge in [-0.1, -0.05) is 17.7 Å². The van der Waals surface area contributed by atoms with Gasteiger partial charge in [-0.25, -0.2) is 9.78 Å². The number of aromatic nitrogens is 1. The van der Waals surface area contributed by atoms with Crippen molar-refractivity contribution in [2.24, 2.45) is 0 Å². The lowest BCUT2D eigenvalue weighted by molar-refractivity contribution is 0.00628. The molecule has 3 nitrogen and oxygen atoms in total. The molecule has 0 aliphatic heterocycles. The summed E-state index contributed by atoms with van der Waals surface area (Å²) in [5.74, 6) is -0.410. The first-order chi connectivity index (χ1) is 8.76. The number of nitrogens with zero attached hydrogens (tertiary/aromatic N) is 1. The van der Waals surface area contributed by atoms with E-state index in [1.165, 1.54) is 0 Å². The number of fused-ring (bicyclic) bond motifs is 1. The second kappa shape index (κ2) is 4.82. The minimum atomic E-state index is -0.526. The summed E-state index contributed by atoms with van der Waals surface area (Å²) in [5, 5.41) is 2.53. The quantitative estimate of drug-likeness (QED) is 0.735. The number of benzene rings is 1. The maximum Gasteiger partial charge on any atom is 0.357 e. The van der Waals surface area contributed by atoms with Crippen molar-refractivity contribution in [2.45, 2.75) is 33.3 Å². The number of esters is 1. The Morgan fingerprint density at radius 1 is 1.26 bits per heavy atom. The molecule has 0 amide bonds. The lowest BCUT2D eigenvalue weighted by Gasteiger charge is -2.19. The van der Waals surface area contributed by atoms with Crippen LogP contribution in [0.15, 0.2) is 24.3 Å². The van der Waals surface area contributed by atoms with Crippen LogP contribution in [0.3, 0.4) is 0 Å². The molecule has 100 valence electrons. The average Bonchev–Trinajstić information content (AvgIpc) is 2.27. The fourth-order valence-electron chi connectivity index (χ4n) is 1.82. The molecule has 0 unspecified atom stereocenters. The first-order valence-corrected chi connectivity index (χ1v) is 6.44. The summed E-state index contributed by atoms with van der Waals surface area (Å²) in [6, 6.07) is 7.24. The van der Waals surface area contributed by atoms with Crippen LogP contribution in [-0.4, -0.2) is 16.6 Å².